The number of benzene rings is 1. The van der Waals surface area contributed by atoms with E-state index >= 15 is 0 Å². The van der Waals surface area contributed by atoms with Crippen LogP contribution in [0.4, 0.5) is 5.69 Å². The molecule has 0 atom stereocenters. The number of sulfonamides is 1. The molecule has 9 heteroatoms. The molecule has 3 aromatic rings. The van der Waals surface area contributed by atoms with E-state index in [1.54, 1.807) is 37.4 Å². The number of hydrogen-bond acceptors (Lipinski definition) is 5. The van der Waals surface area contributed by atoms with Crippen LogP contribution in [-0.2, 0) is 17.1 Å². The lowest BCUT2D eigenvalue weighted by Crippen LogP contribution is -2.12. The largest absolute Gasteiger partial charge is 0.280 e. The monoisotopic (exact) mass is 331 g/mol. The minimum atomic E-state index is -3.71. The van der Waals surface area contributed by atoms with E-state index in [9.17, 15) is 13.2 Å². The number of nitrogens with zero attached hydrogens (tertiary/aromatic N) is 3. The molecular formula is C14H13N5O3S. The van der Waals surface area contributed by atoms with E-state index in [0.717, 1.165) is 0 Å². The fourth-order valence-electron chi connectivity index (χ4n) is 2.00. The van der Waals surface area contributed by atoms with E-state index in [4.69, 9.17) is 0 Å². The van der Waals surface area contributed by atoms with Gasteiger partial charge in [0.05, 0.1) is 11.9 Å². The topological polar surface area (TPSA) is 110 Å². The number of H-pyrrole nitrogens is 1. The van der Waals surface area contributed by atoms with Crippen LogP contribution < -0.4 is 10.3 Å². The number of aromatic amines is 1. The summed E-state index contributed by atoms with van der Waals surface area (Å²) in [5.74, 6) is 0. The molecule has 8 nitrogen and oxygen atoms in total. The molecule has 0 amide bonds. The van der Waals surface area contributed by atoms with Crippen molar-refractivity contribution in [2.24, 2.45) is 7.05 Å². The van der Waals surface area contributed by atoms with Crippen LogP contribution in [0.25, 0.3) is 11.3 Å². The third kappa shape index (κ3) is 3.29. The van der Waals surface area contributed by atoms with E-state index in [2.05, 4.69) is 20.0 Å². The third-order valence-electron chi connectivity index (χ3n) is 3.08. The van der Waals surface area contributed by atoms with Crippen LogP contribution in [0.3, 0.4) is 0 Å². The average molecular weight is 331 g/mol. The number of rotatable bonds is 4. The van der Waals surface area contributed by atoms with Gasteiger partial charge >= 0.3 is 0 Å². The Morgan fingerprint density at radius 1 is 1.22 bits per heavy atom. The molecule has 2 heterocycles. The van der Waals surface area contributed by atoms with Crippen molar-refractivity contribution < 1.29 is 8.42 Å². The van der Waals surface area contributed by atoms with Crippen molar-refractivity contribution in [2.45, 2.75) is 4.90 Å². The number of aryl methyl sites for hydroxylation is 1. The highest BCUT2D eigenvalue weighted by Gasteiger charge is 2.16. The van der Waals surface area contributed by atoms with Crippen LogP contribution in [0.1, 0.15) is 0 Å². The summed E-state index contributed by atoms with van der Waals surface area (Å²) in [6.07, 6.45) is 2.69. The van der Waals surface area contributed by atoms with Gasteiger partial charge in [-0.2, -0.15) is 10.2 Å². The predicted octanol–water partition coefficient (Wildman–Crippen LogP) is 0.971. The van der Waals surface area contributed by atoms with E-state index in [1.807, 2.05) is 0 Å². The van der Waals surface area contributed by atoms with Crippen molar-refractivity contribution in [1.29, 1.82) is 0 Å². The van der Waals surface area contributed by atoms with Crippen molar-refractivity contribution in [3.63, 3.8) is 0 Å². The Kier molecular flexibility index (Phi) is 3.70. The maximum Gasteiger partial charge on any atom is 0.265 e. The normalized spacial score (nSPS) is 11.3. The highest BCUT2D eigenvalue weighted by atomic mass is 32.2. The van der Waals surface area contributed by atoms with Gasteiger partial charge in [-0.3, -0.25) is 14.2 Å². The first-order valence-corrected chi connectivity index (χ1v) is 8.10. The summed E-state index contributed by atoms with van der Waals surface area (Å²) in [5, 5.41) is 10.1. The maximum atomic E-state index is 12.3. The van der Waals surface area contributed by atoms with Gasteiger partial charge in [0.2, 0.25) is 0 Å². The second-order valence-electron chi connectivity index (χ2n) is 4.84. The molecule has 2 N–H and O–H groups in total. The Bertz CT molecular complexity index is 987. The summed E-state index contributed by atoms with van der Waals surface area (Å²) in [5.41, 5.74) is 1.29. The van der Waals surface area contributed by atoms with Gasteiger partial charge in [-0.25, -0.2) is 13.5 Å². The van der Waals surface area contributed by atoms with Gasteiger partial charge in [-0.05, 0) is 18.2 Å². The molecule has 0 aliphatic rings. The van der Waals surface area contributed by atoms with Gasteiger partial charge < -0.3 is 0 Å². The molecule has 0 saturated heterocycles. The Labute approximate surface area is 131 Å². The van der Waals surface area contributed by atoms with Crippen LogP contribution in [0.5, 0.6) is 0 Å². The van der Waals surface area contributed by atoms with Crippen molar-refractivity contribution in [2.75, 3.05) is 4.72 Å². The van der Waals surface area contributed by atoms with Gasteiger partial charge in [0.25, 0.3) is 15.6 Å². The quantitative estimate of drug-likeness (QED) is 0.740. The Balaban J connectivity index is 1.91. The SMILES string of the molecule is Cn1cc(S(=O)(=O)Nc2cccc(-c3ccc(=O)[nH]n3)c2)cn1. The summed E-state index contributed by atoms with van der Waals surface area (Å²) in [4.78, 5) is 11.1. The average Bonchev–Trinajstić information content (AvgIpc) is 2.95. The zero-order chi connectivity index (χ0) is 16.4. The van der Waals surface area contributed by atoms with E-state index in [-0.39, 0.29) is 10.5 Å². The number of aromatic nitrogens is 4. The van der Waals surface area contributed by atoms with Crippen LogP contribution in [0, 0.1) is 0 Å². The maximum absolute atomic E-state index is 12.3. The molecule has 0 fully saturated rings. The molecule has 0 unspecified atom stereocenters. The molecule has 0 aliphatic carbocycles. The summed E-state index contributed by atoms with van der Waals surface area (Å²) in [6.45, 7) is 0. The van der Waals surface area contributed by atoms with Crippen molar-refractivity contribution in [3.05, 3.63) is 59.1 Å². The lowest BCUT2D eigenvalue weighted by atomic mass is 10.1. The molecule has 118 valence electrons. The summed E-state index contributed by atoms with van der Waals surface area (Å²) in [6, 6.07) is 9.64. The first-order chi connectivity index (χ1) is 10.9. The van der Waals surface area contributed by atoms with Gasteiger partial charge in [0, 0.05) is 30.6 Å². The Morgan fingerprint density at radius 3 is 2.70 bits per heavy atom. The lowest BCUT2D eigenvalue weighted by Gasteiger charge is -2.08. The molecule has 1 aromatic carbocycles. The molecule has 0 radical (unpaired) electrons. The minimum Gasteiger partial charge on any atom is -0.280 e. The molecule has 0 saturated carbocycles. The fourth-order valence-corrected chi connectivity index (χ4v) is 3.03. The molecule has 0 aliphatic heterocycles. The summed E-state index contributed by atoms with van der Waals surface area (Å²) in [7, 11) is -2.07. The van der Waals surface area contributed by atoms with Crippen molar-refractivity contribution in [1.82, 2.24) is 20.0 Å². The lowest BCUT2D eigenvalue weighted by molar-refractivity contribution is 0.601. The van der Waals surface area contributed by atoms with E-state index < -0.39 is 10.0 Å². The van der Waals surface area contributed by atoms with Gasteiger partial charge in [-0.1, -0.05) is 12.1 Å². The van der Waals surface area contributed by atoms with Crippen LogP contribution >= 0.6 is 0 Å². The van der Waals surface area contributed by atoms with Crippen molar-refractivity contribution in [3.8, 4) is 11.3 Å². The molecular weight excluding hydrogens is 318 g/mol. The summed E-state index contributed by atoms with van der Waals surface area (Å²) >= 11 is 0. The second kappa shape index (κ2) is 5.69. The molecule has 0 bridgehead atoms. The molecule has 2 aromatic heterocycles. The fraction of sp³-hybridized carbons (Fsp3) is 0.0714. The number of nitrogens with one attached hydrogen (secondary N) is 2. The second-order valence-corrected chi connectivity index (χ2v) is 6.52. The molecule has 0 spiro atoms. The molecule has 3 rings (SSSR count). The first-order valence-electron chi connectivity index (χ1n) is 6.62. The standard InChI is InChI=1S/C14H13N5O3S/c1-19-9-12(8-15-19)23(21,22)18-11-4-2-3-10(7-11)13-5-6-14(20)17-16-13/h2-9,18H,1H3,(H,17,20). The summed E-state index contributed by atoms with van der Waals surface area (Å²) < 4.78 is 28.5. The van der Waals surface area contributed by atoms with Crippen LogP contribution in [-0.4, -0.2) is 28.4 Å². The predicted molar refractivity (Wildman–Crippen MR) is 84.3 cm³/mol. The highest BCUT2D eigenvalue weighted by molar-refractivity contribution is 7.92. The number of anilines is 1. The van der Waals surface area contributed by atoms with Crippen LogP contribution in [0.15, 0.2) is 58.5 Å². The minimum absolute atomic E-state index is 0.0765. The van der Waals surface area contributed by atoms with Gasteiger partial charge in [0.1, 0.15) is 4.90 Å². The first kappa shape index (κ1) is 15.0. The van der Waals surface area contributed by atoms with Gasteiger partial charge in [0.15, 0.2) is 0 Å². The zero-order valence-electron chi connectivity index (χ0n) is 12.1. The van der Waals surface area contributed by atoms with E-state index in [0.29, 0.717) is 16.9 Å². The zero-order valence-corrected chi connectivity index (χ0v) is 12.9. The Hall–Kier alpha value is -2.94. The van der Waals surface area contributed by atoms with Gasteiger partial charge in [-0.15, -0.1) is 0 Å². The third-order valence-corrected chi connectivity index (χ3v) is 4.42. The number of hydrogen-bond donors (Lipinski definition) is 2. The molecule has 23 heavy (non-hydrogen) atoms. The highest BCUT2D eigenvalue weighted by Crippen LogP contribution is 2.22. The van der Waals surface area contributed by atoms with Crippen LogP contribution in [0.2, 0.25) is 0 Å². The van der Waals surface area contributed by atoms with E-state index in [1.165, 1.54) is 23.1 Å². The Morgan fingerprint density at radius 2 is 2.04 bits per heavy atom. The smallest absolute Gasteiger partial charge is 0.265 e. The van der Waals surface area contributed by atoms with Crippen molar-refractivity contribution >= 4 is 15.7 Å².